The average Bonchev–Trinajstić information content (AvgIpc) is 2.40. The van der Waals surface area contributed by atoms with E-state index >= 15 is 0 Å². The second-order valence-corrected chi connectivity index (χ2v) is 4.47. The van der Waals surface area contributed by atoms with Gasteiger partial charge < -0.3 is 4.74 Å². The van der Waals surface area contributed by atoms with Gasteiger partial charge in [0.15, 0.2) is 0 Å². The highest BCUT2D eigenvalue weighted by molar-refractivity contribution is 5.84. The van der Waals surface area contributed by atoms with Crippen molar-refractivity contribution in [1.29, 1.82) is 0 Å². The average molecular weight is 282 g/mol. The maximum Gasteiger partial charge on any atom is 0.491 e. The zero-order valence-corrected chi connectivity index (χ0v) is 10.7. The monoisotopic (exact) mass is 282 g/mol. The molecule has 0 spiro atoms. The van der Waals surface area contributed by atoms with Crippen LogP contribution in [-0.4, -0.2) is 12.1 Å². The summed E-state index contributed by atoms with van der Waals surface area (Å²) in [7, 11) is 0. The van der Waals surface area contributed by atoms with E-state index in [1.165, 1.54) is 0 Å². The fraction of sp³-hybridized carbons (Fsp3) is 0.267. The Hall–Kier alpha value is -2.04. The molecule has 0 amide bonds. The predicted octanol–water partition coefficient (Wildman–Crippen LogP) is 4.03. The van der Waals surface area contributed by atoms with Gasteiger partial charge in [0.1, 0.15) is 5.76 Å². The topological polar surface area (TPSA) is 26.3 Å². The van der Waals surface area contributed by atoms with Crippen molar-refractivity contribution in [3.63, 3.8) is 0 Å². The number of hydrogen-bond donors (Lipinski definition) is 0. The first-order valence-electron chi connectivity index (χ1n) is 6.13. The molecule has 2 rings (SSSR count). The summed E-state index contributed by atoms with van der Waals surface area (Å²) in [5, 5.41) is 0. The van der Waals surface area contributed by atoms with Gasteiger partial charge in [-0.25, -0.2) is 4.79 Å². The number of aryl methyl sites for hydroxylation is 1. The summed E-state index contributed by atoms with van der Waals surface area (Å²) in [6, 6.07) is 7.00. The zero-order valence-electron chi connectivity index (χ0n) is 10.7. The van der Waals surface area contributed by atoms with E-state index in [2.05, 4.69) is 11.3 Å². The summed E-state index contributed by atoms with van der Waals surface area (Å²) in [5.41, 5.74) is 2.09. The molecule has 0 bridgehead atoms. The molecule has 0 saturated heterocycles. The quantitative estimate of drug-likeness (QED) is 0.618. The minimum Gasteiger partial charge on any atom is -0.419 e. The summed E-state index contributed by atoms with van der Waals surface area (Å²) >= 11 is 0. The second kappa shape index (κ2) is 5.53. The molecule has 1 aromatic carbocycles. The number of ether oxygens (including phenoxy) is 1. The van der Waals surface area contributed by atoms with Crippen LogP contribution in [0.1, 0.15) is 24.0 Å². The van der Waals surface area contributed by atoms with Crippen LogP contribution in [0, 0.1) is 0 Å². The maximum atomic E-state index is 12.4. The molecule has 0 aliphatic heterocycles. The van der Waals surface area contributed by atoms with E-state index in [1.54, 1.807) is 24.3 Å². The van der Waals surface area contributed by atoms with Crippen molar-refractivity contribution >= 4 is 11.7 Å². The summed E-state index contributed by atoms with van der Waals surface area (Å²) in [4.78, 5) is 11.1. The summed E-state index contributed by atoms with van der Waals surface area (Å²) in [6.45, 7) is 3.58. The van der Waals surface area contributed by atoms with Crippen LogP contribution in [0.15, 0.2) is 42.5 Å². The van der Waals surface area contributed by atoms with Crippen LogP contribution in [0.5, 0.6) is 0 Å². The minimum absolute atomic E-state index is 0.0223. The number of rotatable bonds is 3. The fourth-order valence-corrected chi connectivity index (χ4v) is 2.20. The molecule has 0 aromatic heterocycles. The van der Waals surface area contributed by atoms with Gasteiger partial charge in [-0.1, -0.05) is 30.3 Å². The van der Waals surface area contributed by atoms with Crippen LogP contribution in [0.3, 0.4) is 0 Å². The Morgan fingerprint density at radius 1 is 1.30 bits per heavy atom. The van der Waals surface area contributed by atoms with E-state index in [0.29, 0.717) is 30.4 Å². The van der Waals surface area contributed by atoms with Gasteiger partial charge in [0.05, 0.1) is 0 Å². The van der Waals surface area contributed by atoms with E-state index in [0.717, 1.165) is 5.56 Å². The number of esters is 1. The third-order valence-corrected chi connectivity index (χ3v) is 3.10. The second-order valence-electron chi connectivity index (χ2n) is 4.47. The number of carbonyl (C=O) groups excluding carboxylic acids is 1. The van der Waals surface area contributed by atoms with Gasteiger partial charge in [-0.2, -0.15) is 13.2 Å². The summed E-state index contributed by atoms with van der Waals surface area (Å²) in [5.74, 6) is -2.17. The van der Waals surface area contributed by atoms with Crippen molar-refractivity contribution in [3.8, 4) is 0 Å². The van der Waals surface area contributed by atoms with Gasteiger partial charge in [-0.3, -0.25) is 0 Å². The fourth-order valence-electron chi connectivity index (χ4n) is 2.20. The molecule has 20 heavy (non-hydrogen) atoms. The Labute approximate surface area is 114 Å². The van der Waals surface area contributed by atoms with Gasteiger partial charge in [-0.05, 0) is 30.4 Å². The van der Waals surface area contributed by atoms with Gasteiger partial charge in [0, 0.05) is 5.56 Å². The van der Waals surface area contributed by atoms with Crippen LogP contribution in [0.25, 0.3) is 5.76 Å². The molecule has 0 saturated carbocycles. The number of allylic oxidation sites excluding steroid dienone is 2. The van der Waals surface area contributed by atoms with Gasteiger partial charge in [0.25, 0.3) is 0 Å². The standard InChI is InChI=1S/C15H13F3O2/c1-2-5-11-9-8-10-6-3-4-7-12(10)13(11)20-14(19)15(16,17)18/h2-4,6-7H,1,5,8-9H2. The molecule has 0 atom stereocenters. The third kappa shape index (κ3) is 2.92. The van der Waals surface area contributed by atoms with Crippen LogP contribution in [0.4, 0.5) is 13.2 Å². The number of benzene rings is 1. The molecule has 0 N–H and O–H groups in total. The molecule has 1 aromatic rings. The highest BCUT2D eigenvalue weighted by Gasteiger charge is 2.42. The SMILES string of the molecule is C=CCC1=C(OC(=O)C(F)(F)F)c2ccccc2CC1. The Morgan fingerprint density at radius 3 is 2.65 bits per heavy atom. The predicted molar refractivity (Wildman–Crippen MR) is 68.6 cm³/mol. The molecule has 0 unspecified atom stereocenters. The van der Waals surface area contributed by atoms with Gasteiger partial charge in [0.2, 0.25) is 0 Å². The lowest BCUT2D eigenvalue weighted by molar-refractivity contribution is -0.192. The number of halogens is 3. The van der Waals surface area contributed by atoms with Gasteiger partial charge in [-0.15, -0.1) is 6.58 Å². The number of hydrogen-bond acceptors (Lipinski definition) is 2. The minimum atomic E-state index is -5.00. The molecule has 2 nitrogen and oxygen atoms in total. The van der Waals surface area contributed by atoms with E-state index in [9.17, 15) is 18.0 Å². The zero-order chi connectivity index (χ0) is 14.8. The largest absolute Gasteiger partial charge is 0.491 e. The van der Waals surface area contributed by atoms with Crippen molar-refractivity contribution < 1.29 is 22.7 Å². The van der Waals surface area contributed by atoms with Crippen molar-refractivity contribution in [2.75, 3.05) is 0 Å². The first-order chi connectivity index (χ1) is 9.43. The maximum absolute atomic E-state index is 12.4. The highest BCUT2D eigenvalue weighted by Crippen LogP contribution is 2.35. The Kier molecular flexibility index (Phi) is 3.97. The van der Waals surface area contributed by atoms with Crippen molar-refractivity contribution in [1.82, 2.24) is 0 Å². The van der Waals surface area contributed by atoms with Crippen molar-refractivity contribution in [3.05, 3.63) is 53.6 Å². The van der Waals surface area contributed by atoms with E-state index in [1.807, 2.05) is 6.07 Å². The lowest BCUT2D eigenvalue weighted by atomic mass is 9.89. The third-order valence-electron chi connectivity index (χ3n) is 3.10. The van der Waals surface area contributed by atoms with E-state index in [4.69, 9.17) is 0 Å². The molecule has 0 radical (unpaired) electrons. The Morgan fingerprint density at radius 2 is 2.00 bits per heavy atom. The van der Waals surface area contributed by atoms with E-state index in [-0.39, 0.29) is 5.76 Å². The molecular formula is C15H13F3O2. The molecule has 5 heteroatoms. The molecular weight excluding hydrogens is 269 g/mol. The van der Waals surface area contributed by atoms with Crippen molar-refractivity contribution in [2.24, 2.45) is 0 Å². The van der Waals surface area contributed by atoms with Gasteiger partial charge >= 0.3 is 12.1 Å². The molecule has 1 aliphatic carbocycles. The molecule has 0 heterocycles. The normalized spacial score (nSPS) is 14.8. The Balaban J connectivity index is 2.42. The van der Waals surface area contributed by atoms with Crippen LogP contribution < -0.4 is 0 Å². The number of fused-ring (bicyclic) bond motifs is 1. The van der Waals surface area contributed by atoms with Crippen LogP contribution >= 0.6 is 0 Å². The van der Waals surface area contributed by atoms with Crippen LogP contribution in [0.2, 0.25) is 0 Å². The van der Waals surface area contributed by atoms with E-state index < -0.39 is 12.1 Å². The smallest absolute Gasteiger partial charge is 0.419 e. The molecule has 1 aliphatic rings. The molecule has 106 valence electrons. The van der Waals surface area contributed by atoms with Crippen LogP contribution in [-0.2, 0) is 16.0 Å². The number of carbonyl (C=O) groups is 1. The number of alkyl halides is 3. The molecule has 0 fully saturated rings. The lowest BCUT2D eigenvalue weighted by Gasteiger charge is -2.22. The lowest BCUT2D eigenvalue weighted by Crippen LogP contribution is -2.26. The first kappa shape index (κ1) is 14.4. The Bertz CT molecular complexity index is 571. The highest BCUT2D eigenvalue weighted by atomic mass is 19.4. The first-order valence-corrected chi connectivity index (χ1v) is 6.13. The summed E-state index contributed by atoms with van der Waals surface area (Å²) in [6.07, 6.45) is -1.74. The van der Waals surface area contributed by atoms with Crippen molar-refractivity contribution in [2.45, 2.75) is 25.4 Å². The summed E-state index contributed by atoms with van der Waals surface area (Å²) < 4.78 is 41.7.